The summed E-state index contributed by atoms with van der Waals surface area (Å²) < 4.78 is 8.89. The van der Waals surface area contributed by atoms with Gasteiger partial charge in [-0.25, -0.2) is 15.0 Å². The standard InChI is InChI=1S/C53H31N3OS/c1-3-12-34(13-4-1)52-41-28-29-46-51(39-16-7-9-19-45(39)57-46)50(41)38-27-26-36(30-43(38)54-52)32-22-24-33(25-23-32)42-31-44(56-53(55-42)35-14-5-2-6-15-35)37-18-11-21-48-49(37)40-17-8-10-20-47(40)58-48/h1-31H. The van der Waals surface area contributed by atoms with Crippen molar-refractivity contribution in [2.75, 3.05) is 0 Å². The third-order valence-electron chi connectivity index (χ3n) is 11.3. The van der Waals surface area contributed by atoms with Gasteiger partial charge in [0.15, 0.2) is 5.82 Å². The third kappa shape index (κ3) is 5.25. The van der Waals surface area contributed by atoms with E-state index in [2.05, 4.69) is 152 Å². The lowest BCUT2D eigenvalue weighted by Crippen LogP contribution is -1.96. The molecule has 12 aromatic rings. The van der Waals surface area contributed by atoms with Gasteiger partial charge in [-0.2, -0.15) is 0 Å². The minimum Gasteiger partial charge on any atom is -0.456 e. The minimum absolute atomic E-state index is 0.704. The van der Waals surface area contributed by atoms with Gasteiger partial charge in [-0.3, -0.25) is 0 Å². The van der Waals surface area contributed by atoms with Gasteiger partial charge in [-0.1, -0.05) is 146 Å². The fourth-order valence-corrected chi connectivity index (χ4v) is 9.71. The SMILES string of the molecule is c1ccc(-c2nc(-c3ccc(-c4ccc5c(c4)nc(-c4ccccc4)c4ccc6oc7ccccc7c6c45)cc3)cc(-c3cccc4sc5ccccc5c34)n2)cc1. The molecular formula is C53H31N3OS. The molecule has 270 valence electrons. The number of nitrogens with zero attached hydrogens (tertiary/aromatic N) is 3. The van der Waals surface area contributed by atoms with Crippen molar-refractivity contribution in [3.05, 3.63) is 188 Å². The maximum Gasteiger partial charge on any atom is 0.160 e. The number of hydrogen-bond donors (Lipinski definition) is 0. The molecule has 4 aromatic heterocycles. The number of benzene rings is 8. The Bertz CT molecular complexity index is 3550. The van der Waals surface area contributed by atoms with Crippen LogP contribution >= 0.6 is 11.3 Å². The molecule has 5 heteroatoms. The highest BCUT2D eigenvalue weighted by atomic mass is 32.1. The smallest absolute Gasteiger partial charge is 0.160 e. The normalized spacial score (nSPS) is 11.8. The third-order valence-corrected chi connectivity index (χ3v) is 12.4. The number of furan rings is 1. The van der Waals surface area contributed by atoms with Crippen molar-refractivity contribution in [1.29, 1.82) is 0 Å². The zero-order valence-corrected chi connectivity index (χ0v) is 31.9. The highest BCUT2D eigenvalue weighted by molar-refractivity contribution is 7.25. The second-order valence-electron chi connectivity index (χ2n) is 14.7. The van der Waals surface area contributed by atoms with Gasteiger partial charge in [0.25, 0.3) is 0 Å². The number of para-hydroxylation sites is 1. The summed E-state index contributed by atoms with van der Waals surface area (Å²) >= 11 is 1.82. The summed E-state index contributed by atoms with van der Waals surface area (Å²) in [5.74, 6) is 0.704. The number of thiophene rings is 1. The number of pyridine rings is 1. The summed E-state index contributed by atoms with van der Waals surface area (Å²) in [6.07, 6.45) is 0. The van der Waals surface area contributed by atoms with E-state index in [1.165, 1.54) is 20.2 Å². The van der Waals surface area contributed by atoms with E-state index < -0.39 is 0 Å². The molecule has 8 aromatic carbocycles. The van der Waals surface area contributed by atoms with Crippen LogP contribution in [0, 0.1) is 0 Å². The first-order chi connectivity index (χ1) is 28.7. The second-order valence-corrected chi connectivity index (χ2v) is 15.8. The van der Waals surface area contributed by atoms with Crippen molar-refractivity contribution in [3.8, 4) is 56.3 Å². The quantitative estimate of drug-likeness (QED) is 0.164. The minimum atomic E-state index is 0.704. The first kappa shape index (κ1) is 32.7. The van der Waals surface area contributed by atoms with Crippen molar-refractivity contribution < 1.29 is 4.42 Å². The molecule has 0 unspecified atom stereocenters. The van der Waals surface area contributed by atoms with Gasteiger partial charge in [0.2, 0.25) is 0 Å². The first-order valence-electron chi connectivity index (χ1n) is 19.4. The maximum absolute atomic E-state index is 6.36. The number of rotatable bonds is 5. The number of fused-ring (bicyclic) bond motifs is 10. The molecule has 58 heavy (non-hydrogen) atoms. The van der Waals surface area contributed by atoms with Gasteiger partial charge >= 0.3 is 0 Å². The van der Waals surface area contributed by atoms with E-state index in [1.54, 1.807) is 0 Å². The Morgan fingerprint density at radius 3 is 1.88 bits per heavy atom. The van der Waals surface area contributed by atoms with Gasteiger partial charge in [0, 0.05) is 69.4 Å². The molecule has 0 aliphatic heterocycles. The summed E-state index contributed by atoms with van der Waals surface area (Å²) in [6.45, 7) is 0. The Morgan fingerprint density at radius 1 is 0.362 bits per heavy atom. The summed E-state index contributed by atoms with van der Waals surface area (Å²) in [4.78, 5) is 15.7. The molecule has 12 rings (SSSR count). The van der Waals surface area contributed by atoms with Gasteiger partial charge in [0.05, 0.1) is 22.6 Å². The maximum atomic E-state index is 6.36. The molecule has 0 saturated heterocycles. The molecule has 0 amide bonds. The molecule has 0 spiro atoms. The first-order valence-corrected chi connectivity index (χ1v) is 20.2. The van der Waals surface area contributed by atoms with Crippen molar-refractivity contribution in [2.45, 2.75) is 0 Å². The Labute approximate surface area is 337 Å². The van der Waals surface area contributed by atoms with E-state index in [4.69, 9.17) is 19.4 Å². The Kier molecular flexibility index (Phi) is 7.37. The lowest BCUT2D eigenvalue weighted by Gasteiger charge is -2.13. The predicted molar refractivity (Wildman–Crippen MR) is 242 cm³/mol. The average molecular weight is 758 g/mol. The topological polar surface area (TPSA) is 51.8 Å². The highest BCUT2D eigenvalue weighted by Gasteiger charge is 2.19. The van der Waals surface area contributed by atoms with E-state index in [9.17, 15) is 0 Å². The monoisotopic (exact) mass is 757 g/mol. The zero-order chi connectivity index (χ0) is 38.2. The second kappa shape index (κ2) is 13.1. The van der Waals surface area contributed by atoms with Crippen molar-refractivity contribution >= 4 is 75.1 Å². The number of hydrogen-bond acceptors (Lipinski definition) is 5. The van der Waals surface area contributed by atoms with Crippen LogP contribution in [0.4, 0.5) is 0 Å². The largest absolute Gasteiger partial charge is 0.456 e. The molecule has 4 heterocycles. The van der Waals surface area contributed by atoms with Crippen LogP contribution in [-0.2, 0) is 0 Å². The molecule has 0 fully saturated rings. The van der Waals surface area contributed by atoms with Gasteiger partial charge in [0.1, 0.15) is 11.2 Å². The van der Waals surface area contributed by atoms with E-state index in [0.717, 1.165) is 94.1 Å². The summed E-state index contributed by atoms with van der Waals surface area (Å²) in [6, 6.07) is 65.9. The van der Waals surface area contributed by atoms with Gasteiger partial charge in [-0.15, -0.1) is 11.3 Å². The van der Waals surface area contributed by atoms with Crippen LogP contribution in [0.3, 0.4) is 0 Å². The Balaban J connectivity index is 1.00. The lowest BCUT2D eigenvalue weighted by atomic mass is 9.94. The molecule has 0 aliphatic rings. The Morgan fingerprint density at radius 2 is 1.03 bits per heavy atom. The fraction of sp³-hybridized carbons (Fsp3) is 0. The zero-order valence-electron chi connectivity index (χ0n) is 31.1. The van der Waals surface area contributed by atoms with Crippen molar-refractivity contribution in [1.82, 2.24) is 15.0 Å². The molecule has 0 saturated carbocycles. The summed E-state index contributed by atoms with van der Waals surface area (Å²) in [5.41, 5.74) is 11.8. The van der Waals surface area contributed by atoms with Crippen LogP contribution in [0.2, 0.25) is 0 Å². The van der Waals surface area contributed by atoms with Crippen molar-refractivity contribution in [2.24, 2.45) is 0 Å². The molecule has 0 radical (unpaired) electrons. The predicted octanol–water partition coefficient (Wildman–Crippen LogP) is 14.8. The van der Waals surface area contributed by atoms with Gasteiger partial charge < -0.3 is 4.42 Å². The highest BCUT2D eigenvalue weighted by Crippen LogP contribution is 2.43. The Hall–Kier alpha value is -7.47. The molecule has 0 N–H and O–H groups in total. The van der Waals surface area contributed by atoms with Crippen LogP contribution < -0.4 is 0 Å². The van der Waals surface area contributed by atoms with E-state index >= 15 is 0 Å². The van der Waals surface area contributed by atoms with Crippen molar-refractivity contribution in [3.63, 3.8) is 0 Å². The lowest BCUT2D eigenvalue weighted by molar-refractivity contribution is 0.669. The van der Waals surface area contributed by atoms with Crippen LogP contribution in [0.25, 0.3) is 120 Å². The van der Waals surface area contributed by atoms with Crippen LogP contribution in [0.5, 0.6) is 0 Å². The van der Waals surface area contributed by atoms with E-state index in [-0.39, 0.29) is 0 Å². The molecule has 4 nitrogen and oxygen atoms in total. The van der Waals surface area contributed by atoms with Gasteiger partial charge in [-0.05, 0) is 53.6 Å². The van der Waals surface area contributed by atoms with E-state index in [1.807, 2.05) is 47.7 Å². The fourth-order valence-electron chi connectivity index (χ4n) is 8.58. The molecule has 0 bridgehead atoms. The molecular weight excluding hydrogens is 727 g/mol. The van der Waals surface area contributed by atoms with E-state index in [0.29, 0.717) is 5.82 Å². The van der Waals surface area contributed by atoms with Crippen LogP contribution in [-0.4, -0.2) is 15.0 Å². The number of aromatic nitrogens is 3. The molecule has 0 atom stereocenters. The average Bonchev–Trinajstić information content (AvgIpc) is 3.88. The van der Waals surface area contributed by atoms with Crippen LogP contribution in [0.15, 0.2) is 192 Å². The summed E-state index contributed by atoms with van der Waals surface area (Å²) in [7, 11) is 0. The van der Waals surface area contributed by atoms with Crippen LogP contribution in [0.1, 0.15) is 0 Å². The summed E-state index contributed by atoms with van der Waals surface area (Å²) in [5, 5.41) is 8.08. The molecule has 0 aliphatic carbocycles.